The topological polar surface area (TPSA) is 76.7 Å². The predicted octanol–water partition coefficient (Wildman–Crippen LogP) is 3.69. The van der Waals surface area contributed by atoms with Crippen LogP contribution in [-0.2, 0) is 6.54 Å². The van der Waals surface area contributed by atoms with Gasteiger partial charge in [0.2, 0.25) is 0 Å². The van der Waals surface area contributed by atoms with Gasteiger partial charge in [0.25, 0.3) is 5.89 Å². The highest BCUT2D eigenvalue weighted by Gasteiger charge is 2.20. The second-order valence-electron chi connectivity index (χ2n) is 6.09. The van der Waals surface area contributed by atoms with Gasteiger partial charge < -0.3 is 9.84 Å². The molecule has 0 radical (unpaired) electrons. The zero-order valence-electron chi connectivity index (χ0n) is 14.3. The van der Waals surface area contributed by atoms with E-state index in [4.69, 9.17) is 4.52 Å². The summed E-state index contributed by atoms with van der Waals surface area (Å²) in [6, 6.07) is 4.18. The molecule has 3 rings (SSSR count). The standard InChI is InChI=1S/C17H21N5OS/c1-10(2)14(15-11(3)6-5-7-18-15)19-8-13-21-17(23-22-13)16-12(4)20-9-24-16/h5-7,9-10,14,19H,8H2,1-4H3/t14-/m0/s1. The van der Waals surface area contributed by atoms with Crippen molar-refractivity contribution >= 4 is 11.3 Å². The predicted molar refractivity (Wildman–Crippen MR) is 93.5 cm³/mol. The van der Waals surface area contributed by atoms with E-state index < -0.39 is 0 Å². The van der Waals surface area contributed by atoms with E-state index in [0.717, 1.165) is 16.3 Å². The van der Waals surface area contributed by atoms with E-state index in [1.54, 1.807) is 5.51 Å². The minimum Gasteiger partial charge on any atom is -0.333 e. The number of thiazole rings is 1. The van der Waals surface area contributed by atoms with Crippen LogP contribution in [0.3, 0.4) is 0 Å². The molecule has 0 aliphatic heterocycles. The lowest BCUT2D eigenvalue weighted by molar-refractivity contribution is 0.382. The highest BCUT2D eigenvalue weighted by molar-refractivity contribution is 7.13. The van der Waals surface area contributed by atoms with Crippen LogP contribution in [-0.4, -0.2) is 20.1 Å². The van der Waals surface area contributed by atoms with Gasteiger partial charge in [0, 0.05) is 6.20 Å². The van der Waals surface area contributed by atoms with Gasteiger partial charge >= 0.3 is 0 Å². The summed E-state index contributed by atoms with van der Waals surface area (Å²) in [5.74, 6) is 1.56. The first-order valence-corrected chi connectivity index (χ1v) is 8.82. The molecule has 126 valence electrons. The van der Waals surface area contributed by atoms with E-state index in [1.165, 1.54) is 16.9 Å². The fourth-order valence-corrected chi connectivity index (χ4v) is 3.32. The molecule has 3 aromatic heterocycles. The molecular formula is C17H21N5OS. The molecule has 1 N–H and O–H groups in total. The fraction of sp³-hybridized carbons (Fsp3) is 0.412. The average molecular weight is 343 g/mol. The Hall–Kier alpha value is -2.12. The lowest BCUT2D eigenvalue weighted by Gasteiger charge is -2.22. The molecule has 3 aromatic rings. The Bertz CT molecular complexity index is 811. The van der Waals surface area contributed by atoms with Gasteiger partial charge in [0.15, 0.2) is 5.82 Å². The molecule has 0 spiro atoms. The quantitative estimate of drug-likeness (QED) is 0.735. The van der Waals surface area contributed by atoms with Crippen LogP contribution in [0.15, 0.2) is 28.4 Å². The van der Waals surface area contributed by atoms with Crippen LogP contribution in [0.2, 0.25) is 0 Å². The molecule has 3 heterocycles. The van der Waals surface area contributed by atoms with E-state index in [9.17, 15) is 0 Å². The van der Waals surface area contributed by atoms with Crippen molar-refractivity contribution in [2.24, 2.45) is 5.92 Å². The van der Waals surface area contributed by atoms with E-state index >= 15 is 0 Å². The van der Waals surface area contributed by atoms with Crippen molar-refractivity contribution in [1.82, 2.24) is 25.4 Å². The van der Waals surface area contributed by atoms with Crippen molar-refractivity contribution < 1.29 is 4.52 Å². The van der Waals surface area contributed by atoms with Crippen LogP contribution in [0.25, 0.3) is 10.8 Å². The summed E-state index contributed by atoms with van der Waals surface area (Å²) in [4.78, 5) is 14.1. The molecule has 0 aliphatic rings. The average Bonchev–Trinajstić information content (AvgIpc) is 3.17. The summed E-state index contributed by atoms with van der Waals surface area (Å²) in [5, 5.41) is 7.58. The maximum absolute atomic E-state index is 5.37. The van der Waals surface area contributed by atoms with Crippen LogP contribution in [0.1, 0.15) is 42.7 Å². The molecule has 6 nitrogen and oxygen atoms in total. The molecule has 0 saturated carbocycles. The van der Waals surface area contributed by atoms with Gasteiger partial charge in [0.05, 0.1) is 29.5 Å². The number of aryl methyl sites for hydroxylation is 2. The van der Waals surface area contributed by atoms with Crippen LogP contribution in [0.4, 0.5) is 0 Å². The largest absolute Gasteiger partial charge is 0.333 e. The third-order valence-electron chi connectivity index (χ3n) is 3.90. The molecule has 0 saturated heterocycles. The van der Waals surface area contributed by atoms with Gasteiger partial charge in [-0.05, 0) is 31.4 Å². The second kappa shape index (κ2) is 7.19. The number of nitrogens with one attached hydrogen (secondary N) is 1. The summed E-state index contributed by atoms with van der Waals surface area (Å²) in [5.41, 5.74) is 4.94. The third kappa shape index (κ3) is 3.52. The van der Waals surface area contributed by atoms with E-state index in [0.29, 0.717) is 24.2 Å². The van der Waals surface area contributed by atoms with Crippen molar-refractivity contribution in [2.75, 3.05) is 0 Å². The van der Waals surface area contributed by atoms with Gasteiger partial charge in [0.1, 0.15) is 4.88 Å². The van der Waals surface area contributed by atoms with Gasteiger partial charge in [-0.15, -0.1) is 11.3 Å². The second-order valence-corrected chi connectivity index (χ2v) is 6.95. The van der Waals surface area contributed by atoms with E-state index in [2.05, 4.69) is 52.3 Å². The Morgan fingerprint density at radius 3 is 2.75 bits per heavy atom. The number of aromatic nitrogens is 4. The first-order valence-electron chi connectivity index (χ1n) is 7.94. The maximum atomic E-state index is 5.37. The summed E-state index contributed by atoms with van der Waals surface area (Å²) in [7, 11) is 0. The molecule has 0 aromatic carbocycles. The molecule has 24 heavy (non-hydrogen) atoms. The first kappa shape index (κ1) is 16.7. The Balaban J connectivity index is 1.73. The summed E-state index contributed by atoms with van der Waals surface area (Å²) in [6.07, 6.45) is 1.83. The van der Waals surface area contributed by atoms with Crippen LogP contribution in [0.5, 0.6) is 0 Å². The van der Waals surface area contributed by atoms with Gasteiger partial charge in [-0.1, -0.05) is 25.1 Å². The smallest absolute Gasteiger partial charge is 0.269 e. The highest BCUT2D eigenvalue weighted by Crippen LogP contribution is 2.26. The summed E-state index contributed by atoms with van der Waals surface area (Å²) >= 11 is 1.51. The minimum absolute atomic E-state index is 0.137. The van der Waals surface area contributed by atoms with Gasteiger partial charge in [-0.3, -0.25) is 4.98 Å². The van der Waals surface area contributed by atoms with Crippen molar-refractivity contribution in [3.8, 4) is 10.8 Å². The number of hydrogen-bond acceptors (Lipinski definition) is 7. The number of rotatable bonds is 6. The molecule has 0 aliphatic carbocycles. The van der Waals surface area contributed by atoms with Crippen LogP contribution in [0, 0.1) is 19.8 Å². The summed E-state index contributed by atoms with van der Waals surface area (Å²) in [6.45, 7) is 8.90. The Labute approximate surface area is 145 Å². The highest BCUT2D eigenvalue weighted by atomic mass is 32.1. The van der Waals surface area contributed by atoms with Gasteiger partial charge in [-0.25, -0.2) is 4.98 Å². The van der Waals surface area contributed by atoms with Gasteiger partial charge in [-0.2, -0.15) is 4.98 Å². The van der Waals surface area contributed by atoms with Crippen molar-refractivity contribution in [2.45, 2.75) is 40.3 Å². The molecule has 0 unspecified atom stereocenters. The molecule has 0 fully saturated rings. The van der Waals surface area contributed by atoms with Crippen molar-refractivity contribution in [3.63, 3.8) is 0 Å². The number of pyridine rings is 1. The van der Waals surface area contributed by atoms with Crippen LogP contribution >= 0.6 is 11.3 Å². The van der Waals surface area contributed by atoms with E-state index in [-0.39, 0.29) is 6.04 Å². The normalized spacial score (nSPS) is 12.7. The lowest BCUT2D eigenvalue weighted by Crippen LogP contribution is -2.27. The zero-order valence-corrected chi connectivity index (χ0v) is 15.1. The lowest BCUT2D eigenvalue weighted by atomic mass is 9.97. The first-order chi connectivity index (χ1) is 11.6. The Morgan fingerprint density at radius 2 is 2.08 bits per heavy atom. The molecular weight excluding hydrogens is 322 g/mol. The van der Waals surface area contributed by atoms with Crippen molar-refractivity contribution in [3.05, 3.63) is 46.6 Å². The Morgan fingerprint density at radius 1 is 1.25 bits per heavy atom. The van der Waals surface area contributed by atoms with Crippen molar-refractivity contribution in [1.29, 1.82) is 0 Å². The molecule has 0 bridgehead atoms. The maximum Gasteiger partial charge on any atom is 0.269 e. The Kier molecular flexibility index (Phi) is 5.01. The number of hydrogen-bond donors (Lipinski definition) is 1. The third-order valence-corrected chi connectivity index (χ3v) is 4.82. The monoisotopic (exact) mass is 343 g/mol. The minimum atomic E-state index is 0.137. The van der Waals surface area contributed by atoms with E-state index in [1.807, 2.05) is 19.2 Å². The molecule has 7 heteroatoms. The summed E-state index contributed by atoms with van der Waals surface area (Å²) < 4.78 is 5.37. The molecule has 0 amide bonds. The molecule has 1 atom stereocenters. The fourth-order valence-electron chi connectivity index (χ4n) is 2.60. The SMILES string of the molecule is Cc1cccnc1[C@@H](NCc1noc(-c2scnc2C)n1)C(C)C. The number of nitrogens with zero attached hydrogens (tertiary/aromatic N) is 4. The zero-order chi connectivity index (χ0) is 17.1. The van der Waals surface area contributed by atoms with Crippen LogP contribution < -0.4 is 5.32 Å².